The first-order valence-corrected chi connectivity index (χ1v) is 8.39. The molecule has 1 heterocycles. The molecule has 1 aliphatic heterocycles. The van der Waals surface area contributed by atoms with Gasteiger partial charge >= 0.3 is 0 Å². The highest BCUT2D eigenvalue weighted by Gasteiger charge is 2.29. The number of benzene rings is 1. The Morgan fingerprint density at radius 3 is 2.46 bits per heavy atom. The first-order chi connectivity index (χ1) is 11.2. The molecule has 1 fully saturated rings. The van der Waals surface area contributed by atoms with E-state index in [-0.39, 0.29) is 17.4 Å². The number of carbonyl (C=O) groups is 1. The lowest BCUT2D eigenvalue weighted by molar-refractivity contribution is -0.125. The molecule has 1 saturated heterocycles. The summed E-state index contributed by atoms with van der Waals surface area (Å²) in [5, 5.41) is 3.03. The first kappa shape index (κ1) is 18.8. The van der Waals surface area contributed by atoms with Crippen molar-refractivity contribution >= 4 is 5.91 Å². The topological polar surface area (TPSA) is 58.4 Å². The van der Waals surface area contributed by atoms with Crippen LogP contribution in [0.15, 0.2) is 18.2 Å². The lowest BCUT2D eigenvalue weighted by Gasteiger charge is -2.34. The third-order valence-corrected chi connectivity index (χ3v) is 4.54. The highest BCUT2D eigenvalue weighted by atomic mass is 19.2. The molecular weight excluding hydrogens is 312 g/mol. The standard InChI is InChI=1S/C18H27F2N3O/c1-18(2,3)16(21)17(24)22-13-6-8-23(9-7-13)11-12-4-5-14(19)15(20)10-12/h4-5,10,13,16H,6-9,11,21H2,1-3H3,(H,22,24)/t16-/m1/s1. The number of rotatable bonds is 4. The van der Waals surface area contributed by atoms with Crippen LogP contribution in [0, 0.1) is 17.0 Å². The number of piperidine rings is 1. The van der Waals surface area contributed by atoms with Crippen LogP contribution in [0.25, 0.3) is 0 Å². The Labute approximate surface area is 142 Å². The zero-order valence-electron chi connectivity index (χ0n) is 14.6. The van der Waals surface area contributed by atoms with E-state index in [0.29, 0.717) is 6.54 Å². The molecule has 0 aromatic heterocycles. The molecule has 1 aromatic carbocycles. The van der Waals surface area contributed by atoms with E-state index in [0.717, 1.165) is 37.6 Å². The number of carbonyl (C=O) groups excluding carboxylic acids is 1. The summed E-state index contributed by atoms with van der Waals surface area (Å²) in [7, 11) is 0. The number of halogens is 2. The van der Waals surface area contributed by atoms with E-state index in [1.807, 2.05) is 20.8 Å². The average molecular weight is 339 g/mol. The predicted octanol–water partition coefficient (Wildman–Crippen LogP) is 2.42. The van der Waals surface area contributed by atoms with Gasteiger partial charge in [-0.05, 0) is 36.0 Å². The highest BCUT2D eigenvalue weighted by Crippen LogP contribution is 2.19. The van der Waals surface area contributed by atoms with Gasteiger partial charge in [0.2, 0.25) is 5.91 Å². The van der Waals surface area contributed by atoms with Crippen LogP contribution in [0.3, 0.4) is 0 Å². The van der Waals surface area contributed by atoms with Crippen molar-refractivity contribution in [2.45, 2.75) is 52.2 Å². The predicted molar refractivity (Wildman–Crippen MR) is 90.2 cm³/mol. The van der Waals surface area contributed by atoms with E-state index in [1.165, 1.54) is 6.07 Å². The van der Waals surface area contributed by atoms with Crippen LogP contribution in [0.5, 0.6) is 0 Å². The van der Waals surface area contributed by atoms with Crippen molar-refractivity contribution < 1.29 is 13.6 Å². The van der Waals surface area contributed by atoms with Crippen molar-refractivity contribution in [2.24, 2.45) is 11.1 Å². The largest absolute Gasteiger partial charge is 0.352 e. The molecule has 1 aromatic rings. The number of amides is 1. The summed E-state index contributed by atoms with van der Waals surface area (Å²) in [5.74, 6) is -1.75. The SMILES string of the molecule is CC(C)(C)[C@H](N)C(=O)NC1CCN(Cc2ccc(F)c(F)c2)CC1. The fourth-order valence-electron chi connectivity index (χ4n) is 2.82. The Balaban J connectivity index is 1.81. The molecule has 3 N–H and O–H groups in total. The number of hydrogen-bond donors (Lipinski definition) is 2. The molecule has 1 aliphatic rings. The Hall–Kier alpha value is -1.53. The van der Waals surface area contributed by atoms with Crippen molar-refractivity contribution in [1.29, 1.82) is 0 Å². The van der Waals surface area contributed by atoms with Gasteiger partial charge in [0.05, 0.1) is 6.04 Å². The zero-order valence-corrected chi connectivity index (χ0v) is 14.6. The molecule has 0 unspecified atom stereocenters. The van der Waals surface area contributed by atoms with E-state index in [9.17, 15) is 13.6 Å². The Morgan fingerprint density at radius 2 is 1.92 bits per heavy atom. The van der Waals surface area contributed by atoms with Gasteiger partial charge in [-0.2, -0.15) is 0 Å². The Morgan fingerprint density at radius 1 is 1.29 bits per heavy atom. The molecule has 1 atom stereocenters. The average Bonchev–Trinajstić information content (AvgIpc) is 2.51. The van der Waals surface area contributed by atoms with Crippen molar-refractivity contribution in [1.82, 2.24) is 10.2 Å². The highest BCUT2D eigenvalue weighted by molar-refractivity contribution is 5.82. The van der Waals surface area contributed by atoms with Crippen molar-refractivity contribution in [2.75, 3.05) is 13.1 Å². The second-order valence-corrected chi connectivity index (χ2v) is 7.65. The number of nitrogens with two attached hydrogens (primary N) is 1. The van der Waals surface area contributed by atoms with Gasteiger partial charge in [-0.25, -0.2) is 8.78 Å². The van der Waals surface area contributed by atoms with Crippen molar-refractivity contribution in [3.05, 3.63) is 35.4 Å². The minimum absolute atomic E-state index is 0.110. The molecule has 0 saturated carbocycles. The summed E-state index contributed by atoms with van der Waals surface area (Å²) in [6.45, 7) is 8.02. The molecule has 134 valence electrons. The van der Waals surface area contributed by atoms with Gasteiger partial charge in [0.1, 0.15) is 0 Å². The van der Waals surface area contributed by atoms with Gasteiger partial charge in [0.25, 0.3) is 0 Å². The van der Waals surface area contributed by atoms with Crippen LogP contribution >= 0.6 is 0 Å². The molecule has 0 aliphatic carbocycles. The van der Waals surface area contributed by atoms with E-state index >= 15 is 0 Å². The maximum atomic E-state index is 13.3. The minimum Gasteiger partial charge on any atom is -0.352 e. The van der Waals surface area contributed by atoms with Gasteiger partial charge < -0.3 is 11.1 Å². The monoisotopic (exact) mass is 339 g/mol. The lowest BCUT2D eigenvalue weighted by Crippen LogP contribution is -2.53. The second-order valence-electron chi connectivity index (χ2n) is 7.65. The Bertz CT molecular complexity index is 578. The minimum atomic E-state index is -0.824. The van der Waals surface area contributed by atoms with Gasteiger partial charge in [-0.15, -0.1) is 0 Å². The first-order valence-electron chi connectivity index (χ1n) is 8.39. The summed E-state index contributed by atoms with van der Waals surface area (Å²) in [5.41, 5.74) is 6.47. The van der Waals surface area contributed by atoms with Crippen LogP contribution in [0.2, 0.25) is 0 Å². The zero-order chi connectivity index (χ0) is 17.9. The quantitative estimate of drug-likeness (QED) is 0.886. The third-order valence-electron chi connectivity index (χ3n) is 4.54. The van der Waals surface area contributed by atoms with Crippen molar-refractivity contribution in [3.63, 3.8) is 0 Å². The molecular formula is C18H27F2N3O. The fraction of sp³-hybridized carbons (Fsp3) is 0.611. The smallest absolute Gasteiger partial charge is 0.237 e. The number of hydrogen-bond acceptors (Lipinski definition) is 3. The number of nitrogens with zero attached hydrogens (tertiary/aromatic N) is 1. The van der Waals surface area contributed by atoms with E-state index in [1.54, 1.807) is 6.07 Å². The van der Waals surface area contributed by atoms with Crippen LogP contribution in [0.1, 0.15) is 39.2 Å². The second kappa shape index (κ2) is 7.57. The molecule has 24 heavy (non-hydrogen) atoms. The fourth-order valence-corrected chi connectivity index (χ4v) is 2.82. The summed E-state index contributed by atoms with van der Waals surface area (Å²) in [6.07, 6.45) is 1.65. The normalized spacial score (nSPS) is 18.4. The lowest BCUT2D eigenvalue weighted by atomic mass is 9.86. The van der Waals surface area contributed by atoms with Crippen LogP contribution < -0.4 is 11.1 Å². The number of likely N-dealkylation sites (tertiary alicyclic amines) is 1. The molecule has 2 rings (SSSR count). The molecule has 0 radical (unpaired) electrons. The third kappa shape index (κ3) is 4.98. The van der Waals surface area contributed by atoms with Gasteiger partial charge in [0, 0.05) is 25.7 Å². The summed E-state index contributed by atoms with van der Waals surface area (Å²) in [4.78, 5) is 14.4. The molecule has 0 spiro atoms. The van der Waals surface area contributed by atoms with Gasteiger partial charge in [0.15, 0.2) is 11.6 Å². The van der Waals surface area contributed by atoms with E-state index < -0.39 is 17.7 Å². The van der Waals surface area contributed by atoms with Crippen LogP contribution in [-0.2, 0) is 11.3 Å². The molecule has 0 bridgehead atoms. The summed E-state index contributed by atoms with van der Waals surface area (Å²) in [6, 6.07) is 3.59. The Kier molecular flexibility index (Phi) is 5.93. The van der Waals surface area contributed by atoms with E-state index in [2.05, 4.69) is 10.2 Å². The molecule has 6 heteroatoms. The van der Waals surface area contributed by atoms with Crippen LogP contribution in [0.4, 0.5) is 8.78 Å². The van der Waals surface area contributed by atoms with Gasteiger partial charge in [-0.1, -0.05) is 26.8 Å². The van der Waals surface area contributed by atoms with Crippen LogP contribution in [-0.4, -0.2) is 36.0 Å². The number of nitrogens with one attached hydrogen (secondary N) is 1. The molecule has 4 nitrogen and oxygen atoms in total. The maximum absolute atomic E-state index is 13.3. The summed E-state index contributed by atoms with van der Waals surface area (Å²) < 4.78 is 26.2. The summed E-state index contributed by atoms with van der Waals surface area (Å²) >= 11 is 0. The molecule has 1 amide bonds. The van der Waals surface area contributed by atoms with Gasteiger partial charge in [-0.3, -0.25) is 9.69 Å². The van der Waals surface area contributed by atoms with E-state index in [4.69, 9.17) is 5.73 Å². The van der Waals surface area contributed by atoms with Crippen molar-refractivity contribution in [3.8, 4) is 0 Å². The maximum Gasteiger partial charge on any atom is 0.237 e.